The van der Waals surface area contributed by atoms with E-state index in [1.165, 1.54) is 6.07 Å². The average molecular weight is 344 g/mol. The molecule has 2 aromatic rings. The van der Waals surface area contributed by atoms with Gasteiger partial charge < -0.3 is 15.0 Å². The number of rotatable bonds is 5. The molecular formula is C18H20N2O3S. The Balaban J connectivity index is 1.88. The summed E-state index contributed by atoms with van der Waals surface area (Å²) in [5, 5.41) is 12.4. The van der Waals surface area contributed by atoms with Crippen molar-refractivity contribution in [3.05, 3.63) is 58.9 Å². The van der Waals surface area contributed by atoms with Crippen molar-refractivity contribution in [2.24, 2.45) is 0 Å². The zero-order valence-electron chi connectivity index (χ0n) is 13.5. The molecule has 0 saturated heterocycles. The van der Waals surface area contributed by atoms with Gasteiger partial charge in [-0.15, -0.1) is 0 Å². The van der Waals surface area contributed by atoms with Crippen LogP contribution in [-0.4, -0.2) is 27.3 Å². The quantitative estimate of drug-likeness (QED) is 0.873. The Morgan fingerprint density at radius 1 is 1.33 bits per heavy atom. The summed E-state index contributed by atoms with van der Waals surface area (Å²) in [6.45, 7) is 2.68. The first-order valence-corrected chi connectivity index (χ1v) is 9.16. The van der Waals surface area contributed by atoms with Crippen LogP contribution >= 0.6 is 11.8 Å². The number of hydrogen-bond donors (Lipinski definition) is 2. The number of benzene rings is 1. The van der Waals surface area contributed by atoms with Gasteiger partial charge in [-0.2, -0.15) is 11.8 Å². The summed E-state index contributed by atoms with van der Waals surface area (Å²) in [5.41, 5.74) is 2.46. The summed E-state index contributed by atoms with van der Waals surface area (Å²) in [7, 11) is 0. The molecule has 0 saturated carbocycles. The number of fused-ring (bicyclic) bond motifs is 1. The van der Waals surface area contributed by atoms with Crippen molar-refractivity contribution in [1.82, 2.24) is 9.88 Å². The molecule has 24 heavy (non-hydrogen) atoms. The van der Waals surface area contributed by atoms with Gasteiger partial charge in [0.15, 0.2) is 0 Å². The lowest BCUT2D eigenvalue weighted by Gasteiger charge is -2.20. The number of carboxylic acids is 1. The van der Waals surface area contributed by atoms with Crippen LogP contribution < -0.4 is 5.32 Å². The van der Waals surface area contributed by atoms with Crippen LogP contribution in [0.1, 0.15) is 51.5 Å². The number of thioether (sulfide) groups is 1. The number of amides is 1. The van der Waals surface area contributed by atoms with Crippen molar-refractivity contribution in [3.8, 4) is 0 Å². The minimum absolute atomic E-state index is 0.0870. The summed E-state index contributed by atoms with van der Waals surface area (Å²) in [6, 6.07) is 11.2. The number of aromatic carboxylic acids is 1. The van der Waals surface area contributed by atoms with E-state index in [0.29, 0.717) is 18.0 Å². The van der Waals surface area contributed by atoms with E-state index < -0.39 is 5.97 Å². The topological polar surface area (TPSA) is 71.3 Å². The molecule has 126 valence electrons. The second kappa shape index (κ2) is 7.13. The van der Waals surface area contributed by atoms with Gasteiger partial charge in [0.2, 0.25) is 0 Å². The van der Waals surface area contributed by atoms with E-state index in [-0.39, 0.29) is 17.5 Å². The first-order chi connectivity index (χ1) is 11.6. The number of nitrogens with zero attached hydrogens (tertiary/aromatic N) is 1. The second-order valence-corrected chi connectivity index (χ2v) is 6.85. The molecule has 1 unspecified atom stereocenters. The van der Waals surface area contributed by atoms with Gasteiger partial charge in [0.25, 0.3) is 5.91 Å². The van der Waals surface area contributed by atoms with Crippen LogP contribution in [0.25, 0.3) is 0 Å². The predicted octanol–water partition coefficient (Wildman–Crippen LogP) is 3.31. The Labute approximate surface area is 145 Å². The highest BCUT2D eigenvalue weighted by atomic mass is 32.2. The average Bonchev–Trinajstić information content (AvgIpc) is 3.00. The van der Waals surface area contributed by atoms with Crippen molar-refractivity contribution < 1.29 is 14.7 Å². The maximum absolute atomic E-state index is 12.8. The largest absolute Gasteiger partial charge is 0.478 e. The number of aromatic nitrogens is 1. The third-order valence-corrected chi connectivity index (χ3v) is 5.23. The van der Waals surface area contributed by atoms with Gasteiger partial charge in [0.05, 0.1) is 11.6 Å². The third-order valence-electron chi connectivity index (χ3n) is 4.29. The molecule has 1 amide bonds. The summed E-state index contributed by atoms with van der Waals surface area (Å²) < 4.78 is 1.85. The molecule has 1 aliphatic heterocycles. The van der Waals surface area contributed by atoms with Gasteiger partial charge in [0.1, 0.15) is 5.69 Å². The molecule has 3 rings (SSSR count). The molecule has 0 bridgehead atoms. The molecular weight excluding hydrogens is 324 g/mol. The first kappa shape index (κ1) is 16.6. The van der Waals surface area contributed by atoms with E-state index in [1.807, 2.05) is 41.8 Å². The fourth-order valence-corrected chi connectivity index (χ4v) is 4.00. The van der Waals surface area contributed by atoms with Crippen molar-refractivity contribution in [1.29, 1.82) is 0 Å². The number of carbonyl (C=O) groups is 2. The molecule has 2 heterocycles. The Hall–Kier alpha value is -2.21. The fourth-order valence-electron chi connectivity index (χ4n) is 3.04. The van der Waals surface area contributed by atoms with E-state index >= 15 is 0 Å². The fraction of sp³-hybridized carbons (Fsp3) is 0.333. The first-order valence-electron chi connectivity index (χ1n) is 8.01. The molecule has 0 fully saturated rings. The van der Waals surface area contributed by atoms with E-state index in [0.717, 1.165) is 23.4 Å². The molecule has 1 aliphatic rings. The Morgan fingerprint density at radius 2 is 2.08 bits per heavy atom. The highest BCUT2D eigenvalue weighted by molar-refractivity contribution is 7.98. The Kier molecular flexibility index (Phi) is 4.94. The van der Waals surface area contributed by atoms with Crippen LogP contribution in [0.15, 0.2) is 36.4 Å². The van der Waals surface area contributed by atoms with Crippen LogP contribution in [-0.2, 0) is 12.3 Å². The van der Waals surface area contributed by atoms with Crippen LogP contribution in [0.4, 0.5) is 0 Å². The van der Waals surface area contributed by atoms with E-state index in [4.69, 9.17) is 0 Å². The van der Waals surface area contributed by atoms with E-state index in [1.54, 1.807) is 11.8 Å². The third kappa shape index (κ3) is 3.19. The molecule has 6 heteroatoms. The zero-order chi connectivity index (χ0) is 17.1. The standard InChI is InChI=1S/C18H20N2O3S/c1-2-14(12-6-4-3-5-7-12)19-17(21)15-10-13(18(22)23)16-11-24-9-8-20(15)16/h3-7,10,14H,2,8-9,11H2,1H3,(H,19,21)(H,22,23). The second-order valence-electron chi connectivity index (χ2n) is 5.74. The number of carbonyl (C=O) groups excluding carboxylic acids is 1. The van der Waals surface area contributed by atoms with Gasteiger partial charge in [0, 0.05) is 23.7 Å². The van der Waals surface area contributed by atoms with Crippen molar-refractivity contribution in [2.45, 2.75) is 31.7 Å². The maximum Gasteiger partial charge on any atom is 0.337 e. The van der Waals surface area contributed by atoms with Crippen LogP contribution in [0, 0.1) is 0 Å². The zero-order valence-corrected chi connectivity index (χ0v) is 14.3. The minimum Gasteiger partial charge on any atom is -0.478 e. The summed E-state index contributed by atoms with van der Waals surface area (Å²) in [6.07, 6.45) is 0.769. The summed E-state index contributed by atoms with van der Waals surface area (Å²) in [5.74, 6) is 0.323. The maximum atomic E-state index is 12.8. The normalized spacial score (nSPS) is 14.7. The van der Waals surface area contributed by atoms with Crippen LogP contribution in [0.2, 0.25) is 0 Å². The Morgan fingerprint density at radius 3 is 2.75 bits per heavy atom. The van der Waals surface area contributed by atoms with Crippen molar-refractivity contribution >= 4 is 23.6 Å². The highest BCUT2D eigenvalue weighted by Gasteiger charge is 2.26. The van der Waals surface area contributed by atoms with E-state index in [9.17, 15) is 14.7 Å². The molecule has 0 spiro atoms. The summed E-state index contributed by atoms with van der Waals surface area (Å²) >= 11 is 1.69. The SMILES string of the molecule is CCC(NC(=O)c1cc(C(=O)O)c2n1CCSC2)c1ccccc1. The molecule has 0 aliphatic carbocycles. The van der Waals surface area contributed by atoms with Gasteiger partial charge in [-0.1, -0.05) is 37.3 Å². The lowest BCUT2D eigenvalue weighted by atomic mass is 10.0. The molecule has 1 aromatic heterocycles. The van der Waals surface area contributed by atoms with Gasteiger partial charge in [-0.05, 0) is 18.1 Å². The van der Waals surface area contributed by atoms with Gasteiger partial charge >= 0.3 is 5.97 Å². The predicted molar refractivity (Wildman–Crippen MR) is 94.5 cm³/mol. The van der Waals surface area contributed by atoms with Crippen molar-refractivity contribution in [3.63, 3.8) is 0 Å². The van der Waals surface area contributed by atoms with Gasteiger partial charge in [-0.3, -0.25) is 4.79 Å². The lowest BCUT2D eigenvalue weighted by Crippen LogP contribution is -2.30. The minimum atomic E-state index is -0.976. The number of carboxylic acid groups (broad SMARTS) is 1. The molecule has 5 nitrogen and oxygen atoms in total. The van der Waals surface area contributed by atoms with E-state index in [2.05, 4.69) is 5.32 Å². The molecule has 2 N–H and O–H groups in total. The number of hydrogen-bond acceptors (Lipinski definition) is 3. The molecule has 1 aromatic carbocycles. The summed E-state index contributed by atoms with van der Waals surface area (Å²) in [4.78, 5) is 24.2. The van der Waals surface area contributed by atoms with Crippen LogP contribution in [0.5, 0.6) is 0 Å². The molecule has 0 radical (unpaired) electrons. The van der Waals surface area contributed by atoms with Gasteiger partial charge in [-0.25, -0.2) is 4.79 Å². The lowest BCUT2D eigenvalue weighted by molar-refractivity contribution is 0.0695. The molecule has 1 atom stereocenters. The number of nitrogens with one attached hydrogen (secondary N) is 1. The smallest absolute Gasteiger partial charge is 0.337 e. The highest BCUT2D eigenvalue weighted by Crippen LogP contribution is 2.27. The van der Waals surface area contributed by atoms with Crippen LogP contribution in [0.3, 0.4) is 0 Å². The van der Waals surface area contributed by atoms with Crippen molar-refractivity contribution in [2.75, 3.05) is 5.75 Å². The Bertz CT molecular complexity index is 755. The monoisotopic (exact) mass is 344 g/mol.